The lowest BCUT2D eigenvalue weighted by atomic mass is 9.89. The summed E-state index contributed by atoms with van der Waals surface area (Å²) in [6.07, 6.45) is 5.17. The van der Waals surface area contributed by atoms with Crippen LogP contribution in [0.5, 0.6) is 0 Å². The third-order valence-corrected chi connectivity index (χ3v) is 4.96. The van der Waals surface area contributed by atoms with Crippen molar-refractivity contribution in [2.45, 2.75) is 25.3 Å². The van der Waals surface area contributed by atoms with Crippen molar-refractivity contribution in [2.24, 2.45) is 0 Å². The molecule has 1 fully saturated rings. The molecule has 4 rings (SSSR count). The number of H-pyrrole nitrogens is 1. The van der Waals surface area contributed by atoms with Gasteiger partial charge in [0.25, 0.3) is 0 Å². The molecule has 0 aliphatic carbocycles. The molecule has 8 nitrogen and oxygen atoms in total. The molecule has 3 aromatic rings. The van der Waals surface area contributed by atoms with Gasteiger partial charge in [-0.25, -0.2) is 9.48 Å². The summed E-state index contributed by atoms with van der Waals surface area (Å²) >= 11 is 0. The summed E-state index contributed by atoms with van der Waals surface area (Å²) in [5.41, 5.74) is 2.30. The Balaban J connectivity index is 1.38. The number of carboxylic acids is 1. The number of nitrogens with zero attached hydrogens (tertiary/aromatic N) is 4. The van der Waals surface area contributed by atoms with E-state index in [0.717, 1.165) is 18.4 Å². The van der Waals surface area contributed by atoms with Crippen LogP contribution in [-0.2, 0) is 11.3 Å². The first kappa shape index (κ1) is 16.3. The summed E-state index contributed by atoms with van der Waals surface area (Å²) in [6.45, 7) is 1.38. The molecule has 1 saturated heterocycles. The fraction of sp³-hybridized carbons (Fsp3) is 0.333. The van der Waals surface area contributed by atoms with E-state index in [1.165, 1.54) is 21.8 Å². The normalized spacial score (nSPS) is 15.5. The molecular weight excluding hydrogens is 334 g/mol. The summed E-state index contributed by atoms with van der Waals surface area (Å²) < 4.78 is 1.28. The number of fused-ring (bicyclic) bond motifs is 1. The maximum atomic E-state index is 12.4. The molecule has 0 unspecified atom stereocenters. The second-order valence-corrected chi connectivity index (χ2v) is 6.55. The third kappa shape index (κ3) is 3.05. The highest BCUT2D eigenvalue weighted by Crippen LogP contribution is 2.33. The van der Waals surface area contributed by atoms with Crippen molar-refractivity contribution < 1.29 is 14.7 Å². The zero-order valence-electron chi connectivity index (χ0n) is 14.1. The first-order chi connectivity index (χ1) is 12.6. The predicted molar refractivity (Wildman–Crippen MR) is 93.8 cm³/mol. The molecule has 2 aromatic heterocycles. The summed E-state index contributed by atoms with van der Waals surface area (Å²) in [6, 6.07) is 8.26. The van der Waals surface area contributed by atoms with Crippen LogP contribution in [-0.4, -0.2) is 55.0 Å². The standard InChI is InChI=1S/C18H19N5O3/c24-17(11-23-10-16(18(25)26)20-21-23)22-7-5-12(6-8-22)14-9-19-15-4-2-1-3-13(14)15/h1-4,9-10,12,19H,5-8,11H2,(H,25,26). The monoisotopic (exact) mass is 353 g/mol. The summed E-state index contributed by atoms with van der Waals surface area (Å²) in [7, 11) is 0. The van der Waals surface area contributed by atoms with Gasteiger partial charge in [0, 0.05) is 30.2 Å². The molecular formula is C18H19N5O3. The van der Waals surface area contributed by atoms with Crippen molar-refractivity contribution in [1.29, 1.82) is 0 Å². The number of hydrogen-bond donors (Lipinski definition) is 2. The number of benzene rings is 1. The number of carboxylic acid groups (broad SMARTS) is 1. The van der Waals surface area contributed by atoms with Gasteiger partial charge in [-0.15, -0.1) is 5.10 Å². The minimum Gasteiger partial charge on any atom is -0.476 e. The van der Waals surface area contributed by atoms with E-state index in [0.29, 0.717) is 19.0 Å². The average Bonchev–Trinajstić information content (AvgIpc) is 3.29. The van der Waals surface area contributed by atoms with E-state index in [-0.39, 0.29) is 18.1 Å². The van der Waals surface area contributed by atoms with Crippen molar-refractivity contribution in [3.8, 4) is 0 Å². The maximum absolute atomic E-state index is 12.4. The number of carbonyl (C=O) groups excluding carboxylic acids is 1. The van der Waals surface area contributed by atoms with E-state index in [4.69, 9.17) is 5.11 Å². The number of nitrogens with one attached hydrogen (secondary N) is 1. The van der Waals surface area contributed by atoms with Gasteiger partial charge >= 0.3 is 5.97 Å². The Bertz CT molecular complexity index is 953. The van der Waals surface area contributed by atoms with Gasteiger partial charge in [-0.3, -0.25) is 4.79 Å². The predicted octanol–water partition coefficient (Wildman–Crippen LogP) is 1.86. The highest BCUT2D eigenvalue weighted by Gasteiger charge is 2.25. The topological polar surface area (TPSA) is 104 Å². The first-order valence-electron chi connectivity index (χ1n) is 8.59. The van der Waals surface area contributed by atoms with E-state index < -0.39 is 5.97 Å². The average molecular weight is 353 g/mol. The number of rotatable bonds is 4. The van der Waals surface area contributed by atoms with Crippen molar-refractivity contribution in [2.75, 3.05) is 13.1 Å². The number of likely N-dealkylation sites (tertiary alicyclic amines) is 1. The molecule has 26 heavy (non-hydrogen) atoms. The molecule has 1 aromatic carbocycles. The molecule has 8 heteroatoms. The Morgan fingerprint density at radius 3 is 2.73 bits per heavy atom. The second kappa shape index (κ2) is 6.62. The fourth-order valence-corrected chi connectivity index (χ4v) is 3.58. The summed E-state index contributed by atoms with van der Waals surface area (Å²) in [4.78, 5) is 28.4. The third-order valence-electron chi connectivity index (χ3n) is 4.96. The van der Waals surface area contributed by atoms with Crippen LogP contribution in [0.25, 0.3) is 10.9 Å². The van der Waals surface area contributed by atoms with Crippen LogP contribution < -0.4 is 0 Å². The lowest BCUT2D eigenvalue weighted by Gasteiger charge is -2.32. The number of aromatic carboxylic acids is 1. The molecule has 0 spiro atoms. The molecule has 0 bridgehead atoms. The highest BCUT2D eigenvalue weighted by atomic mass is 16.4. The minimum absolute atomic E-state index is 0.0119. The molecule has 2 N–H and O–H groups in total. The molecule has 0 radical (unpaired) electrons. The number of hydrogen-bond acceptors (Lipinski definition) is 4. The Morgan fingerprint density at radius 2 is 2.00 bits per heavy atom. The van der Waals surface area contributed by atoms with Crippen LogP contribution in [0, 0.1) is 0 Å². The smallest absolute Gasteiger partial charge is 0.358 e. The zero-order valence-corrected chi connectivity index (χ0v) is 14.1. The first-order valence-corrected chi connectivity index (χ1v) is 8.59. The van der Waals surface area contributed by atoms with E-state index in [9.17, 15) is 9.59 Å². The highest BCUT2D eigenvalue weighted by molar-refractivity contribution is 5.85. The number of piperidine rings is 1. The number of para-hydroxylation sites is 1. The van der Waals surface area contributed by atoms with Crippen LogP contribution in [0.4, 0.5) is 0 Å². The number of aromatic nitrogens is 4. The number of carbonyl (C=O) groups is 2. The van der Waals surface area contributed by atoms with Crippen LogP contribution in [0.1, 0.15) is 34.8 Å². The van der Waals surface area contributed by atoms with Crippen molar-refractivity contribution in [3.63, 3.8) is 0 Å². The molecule has 1 amide bonds. The quantitative estimate of drug-likeness (QED) is 0.745. The van der Waals surface area contributed by atoms with Gasteiger partial charge in [0.1, 0.15) is 6.54 Å². The minimum atomic E-state index is -1.15. The van der Waals surface area contributed by atoms with E-state index in [2.05, 4.69) is 33.6 Å². The Kier molecular flexibility index (Phi) is 4.16. The van der Waals surface area contributed by atoms with Gasteiger partial charge in [0.15, 0.2) is 5.69 Å². The fourth-order valence-electron chi connectivity index (χ4n) is 3.58. The summed E-state index contributed by atoms with van der Waals surface area (Å²) in [5, 5.41) is 17.3. The maximum Gasteiger partial charge on any atom is 0.358 e. The zero-order chi connectivity index (χ0) is 18.1. The van der Waals surface area contributed by atoms with Crippen LogP contribution >= 0.6 is 0 Å². The van der Waals surface area contributed by atoms with Gasteiger partial charge in [-0.05, 0) is 30.4 Å². The van der Waals surface area contributed by atoms with E-state index in [1.807, 2.05) is 17.0 Å². The SMILES string of the molecule is O=C(O)c1cn(CC(=O)N2CCC(c3c[nH]c4ccccc34)CC2)nn1. The number of aromatic amines is 1. The lowest BCUT2D eigenvalue weighted by Crippen LogP contribution is -2.39. The van der Waals surface area contributed by atoms with Crippen molar-refractivity contribution in [1.82, 2.24) is 24.9 Å². The van der Waals surface area contributed by atoms with Gasteiger partial charge in [0.2, 0.25) is 5.91 Å². The Morgan fingerprint density at radius 1 is 1.23 bits per heavy atom. The van der Waals surface area contributed by atoms with Crippen LogP contribution in [0.3, 0.4) is 0 Å². The van der Waals surface area contributed by atoms with Gasteiger partial charge < -0.3 is 15.0 Å². The van der Waals surface area contributed by atoms with Crippen LogP contribution in [0.15, 0.2) is 36.7 Å². The largest absolute Gasteiger partial charge is 0.476 e. The number of amides is 1. The molecule has 134 valence electrons. The van der Waals surface area contributed by atoms with Crippen LogP contribution in [0.2, 0.25) is 0 Å². The van der Waals surface area contributed by atoms with Crippen molar-refractivity contribution >= 4 is 22.8 Å². The molecule has 1 aliphatic rings. The molecule has 3 heterocycles. The molecule has 0 atom stereocenters. The lowest BCUT2D eigenvalue weighted by molar-refractivity contribution is -0.133. The van der Waals surface area contributed by atoms with Gasteiger partial charge in [-0.1, -0.05) is 23.4 Å². The van der Waals surface area contributed by atoms with Crippen molar-refractivity contribution in [3.05, 3.63) is 47.9 Å². The van der Waals surface area contributed by atoms with Gasteiger partial charge in [0.05, 0.1) is 6.20 Å². The van der Waals surface area contributed by atoms with E-state index in [1.54, 1.807) is 0 Å². The Labute approximate surface area is 149 Å². The molecule has 0 saturated carbocycles. The Hall–Kier alpha value is -3.16. The van der Waals surface area contributed by atoms with E-state index >= 15 is 0 Å². The molecule has 1 aliphatic heterocycles. The summed E-state index contributed by atoms with van der Waals surface area (Å²) in [5.74, 6) is -0.785. The second-order valence-electron chi connectivity index (χ2n) is 6.55. The van der Waals surface area contributed by atoms with Gasteiger partial charge in [-0.2, -0.15) is 0 Å².